The third kappa shape index (κ3) is 3.71. The molecule has 0 bridgehead atoms. The van der Waals surface area contributed by atoms with Gasteiger partial charge in [0.1, 0.15) is 6.04 Å². The van der Waals surface area contributed by atoms with E-state index < -0.39 is 6.04 Å². The Kier molecular flexibility index (Phi) is 4.62. The smallest absolute Gasteiger partial charge is 0.239 e. The maximum Gasteiger partial charge on any atom is 0.239 e. The minimum Gasteiger partial charge on any atom is -0.368 e. The molecule has 1 fully saturated rings. The van der Waals surface area contributed by atoms with Crippen molar-refractivity contribution in [3.63, 3.8) is 0 Å². The molecular weight excluding hydrogens is 290 g/mol. The van der Waals surface area contributed by atoms with E-state index in [0.29, 0.717) is 0 Å². The molecule has 23 heavy (non-hydrogen) atoms. The first kappa shape index (κ1) is 15.6. The van der Waals surface area contributed by atoms with E-state index >= 15 is 0 Å². The summed E-state index contributed by atoms with van der Waals surface area (Å²) in [6.07, 6.45) is 6.01. The standard InChI is InChI=1S/C17H23N5O/c1-21-12-15(10-19-21)22-9-5-8-14(11-22)20-16(17(18)23)13-6-3-2-4-7-13/h2-4,6-7,10,12,14,16,20H,5,8-9,11H2,1H3,(H2,18,23)/t14-,16+/m0/s1. The minimum atomic E-state index is -0.449. The van der Waals surface area contributed by atoms with Gasteiger partial charge in [0.25, 0.3) is 0 Å². The highest BCUT2D eigenvalue weighted by atomic mass is 16.1. The summed E-state index contributed by atoms with van der Waals surface area (Å²) in [5.74, 6) is -0.338. The third-order valence-electron chi connectivity index (χ3n) is 4.30. The Hall–Kier alpha value is -2.34. The number of nitrogens with zero attached hydrogens (tertiary/aromatic N) is 3. The zero-order valence-electron chi connectivity index (χ0n) is 13.4. The van der Waals surface area contributed by atoms with E-state index in [4.69, 9.17) is 5.73 Å². The summed E-state index contributed by atoms with van der Waals surface area (Å²) in [5, 5.41) is 7.67. The van der Waals surface area contributed by atoms with Gasteiger partial charge in [-0.2, -0.15) is 5.10 Å². The molecule has 0 unspecified atom stereocenters. The van der Waals surface area contributed by atoms with Crippen LogP contribution in [-0.4, -0.2) is 34.8 Å². The number of primary amides is 1. The number of hydrogen-bond acceptors (Lipinski definition) is 4. The van der Waals surface area contributed by atoms with Crippen LogP contribution in [0.4, 0.5) is 5.69 Å². The molecule has 122 valence electrons. The van der Waals surface area contributed by atoms with Crippen LogP contribution in [0.2, 0.25) is 0 Å². The van der Waals surface area contributed by atoms with Crippen molar-refractivity contribution in [2.75, 3.05) is 18.0 Å². The molecule has 1 aromatic carbocycles. The molecule has 1 aliphatic rings. The lowest BCUT2D eigenvalue weighted by atomic mass is 10.0. The zero-order chi connectivity index (χ0) is 16.2. The molecule has 1 saturated heterocycles. The van der Waals surface area contributed by atoms with Crippen molar-refractivity contribution < 1.29 is 4.79 Å². The molecule has 1 aromatic heterocycles. The number of benzene rings is 1. The number of aromatic nitrogens is 2. The molecule has 0 radical (unpaired) electrons. The van der Waals surface area contributed by atoms with Crippen molar-refractivity contribution in [1.29, 1.82) is 0 Å². The molecule has 2 atom stereocenters. The summed E-state index contributed by atoms with van der Waals surface area (Å²) in [6, 6.07) is 9.43. The van der Waals surface area contributed by atoms with Crippen molar-refractivity contribution in [2.24, 2.45) is 12.8 Å². The van der Waals surface area contributed by atoms with Crippen LogP contribution in [-0.2, 0) is 11.8 Å². The summed E-state index contributed by atoms with van der Waals surface area (Å²) in [7, 11) is 1.92. The van der Waals surface area contributed by atoms with E-state index in [0.717, 1.165) is 37.2 Å². The summed E-state index contributed by atoms with van der Waals surface area (Å²) in [6.45, 7) is 1.86. The van der Waals surface area contributed by atoms with Gasteiger partial charge < -0.3 is 10.6 Å². The quantitative estimate of drug-likeness (QED) is 0.870. The third-order valence-corrected chi connectivity index (χ3v) is 4.30. The number of hydrogen-bond donors (Lipinski definition) is 2. The number of nitrogens with two attached hydrogens (primary N) is 1. The van der Waals surface area contributed by atoms with Crippen LogP contribution < -0.4 is 16.0 Å². The fraction of sp³-hybridized carbons (Fsp3) is 0.412. The van der Waals surface area contributed by atoms with E-state index in [2.05, 4.69) is 15.3 Å². The van der Waals surface area contributed by atoms with E-state index in [1.807, 2.05) is 54.5 Å². The van der Waals surface area contributed by atoms with Crippen LogP contribution in [0.15, 0.2) is 42.7 Å². The highest BCUT2D eigenvalue weighted by Crippen LogP contribution is 2.21. The number of anilines is 1. The van der Waals surface area contributed by atoms with Crippen LogP contribution in [0.3, 0.4) is 0 Å². The fourth-order valence-electron chi connectivity index (χ4n) is 3.14. The van der Waals surface area contributed by atoms with Crippen molar-refractivity contribution in [3.8, 4) is 0 Å². The highest BCUT2D eigenvalue weighted by molar-refractivity contribution is 5.81. The van der Waals surface area contributed by atoms with Gasteiger partial charge in [-0.1, -0.05) is 30.3 Å². The first-order valence-corrected chi connectivity index (χ1v) is 7.97. The van der Waals surface area contributed by atoms with Gasteiger partial charge in [0.15, 0.2) is 0 Å². The Morgan fingerprint density at radius 1 is 1.39 bits per heavy atom. The van der Waals surface area contributed by atoms with Gasteiger partial charge in [-0.15, -0.1) is 0 Å². The van der Waals surface area contributed by atoms with Crippen molar-refractivity contribution in [2.45, 2.75) is 24.9 Å². The maximum absolute atomic E-state index is 11.9. The predicted octanol–water partition coefficient (Wildman–Crippen LogP) is 1.21. The Balaban J connectivity index is 1.69. The molecule has 3 N–H and O–H groups in total. The Bertz CT molecular complexity index is 654. The lowest BCUT2D eigenvalue weighted by Gasteiger charge is -2.35. The minimum absolute atomic E-state index is 0.224. The lowest BCUT2D eigenvalue weighted by molar-refractivity contribution is -0.120. The number of nitrogens with one attached hydrogen (secondary N) is 1. The number of amides is 1. The lowest BCUT2D eigenvalue weighted by Crippen LogP contribution is -2.49. The van der Waals surface area contributed by atoms with Crippen molar-refractivity contribution >= 4 is 11.6 Å². The molecule has 2 aromatic rings. The second kappa shape index (κ2) is 6.83. The van der Waals surface area contributed by atoms with E-state index in [1.54, 1.807) is 0 Å². The molecule has 6 nitrogen and oxygen atoms in total. The van der Waals surface area contributed by atoms with E-state index in [9.17, 15) is 4.79 Å². The van der Waals surface area contributed by atoms with Crippen LogP contribution in [0.1, 0.15) is 24.4 Å². The van der Waals surface area contributed by atoms with Gasteiger partial charge >= 0.3 is 0 Å². The summed E-state index contributed by atoms with van der Waals surface area (Å²) in [4.78, 5) is 14.2. The average Bonchev–Trinajstić information content (AvgIpc) is 3.00. The molecule has 0 aliphatic carbocycles. The van der Waals surface area contributed by atoms with Gasteiger partial charge in [0, 0.05) is 32.4 Å². The second-order valence-electron chi connectivity index (χ2n) is 6.07. The van der Waals surface area contributed by atoms with E-state index in [-0.39, 0.29) is 11.9 Å². The molecule has 2 heterocycles. The van der Waals surface area contributed by atoms with Crippen molar-refractivity contribution in [1.82, 2.24) is 15.1 Å². The second-order valence-corrected chi connectivity index (χ2v) is 6.07. The largest absolute Gasteiger partial charge is 0.368 e. The van der Waals surface area contributed by atoms with Crippen LogP contribution in [0.5, 0.6) is 0 Å². The Morgan fingerprint density at radius 2 is 2.17 bits per heavy atom. The SMILES string of the molecule is Cn1cc(N2CCC[C@H](N[C@@H](C(N)=O)c3ccccc3)C2)cn1. The van der Waals surface area contributed by atoms with Crippen molar-refractivity contribution in [3.05, 3.63) is 48.3 Å². The summed E-state index contributed by atoms with van der Waals surface area (Å²) >= 11 is 0. The normalized spacial score (nSPS) is 19.5. The first-order valence-electron chi connectivity index (χ1n) is 7.97. The summed E-state index contributed by atoms with van der Waals surface area (Å²) in [5.41, 5.74) is 7.64. The Labute approximate surface area is 136 Å². The number of rotatable bonds is 5. The average molecular weight is 313 g/mol. The number of piperidine rings is 1. The topological polar surface area (TPSA) is 76.2 Å². The van der Waals surface area contributed by atoms with Gasteiger partial charge in [-0.25, -0.2) is 0 Å². The molecule has 3 rings (SSSR count). The van der Waals surface area contributed by atoms with Crippen LogP contribution in [0.25, 0.3) is 0 Å². The van der Waals surface area contributed by atoms with Gasteiger partial charge in [-0.05, 0) is 18.4 Å². The van der Waals surface area contributed by atoms with Gasteiger partial charge in [-0.3, -0.25) is 14.8 Å². The van der Waals surface area contributed by atoms with Crippen LogP contribution >= 0.6 is 0 Å². The molecule has 1 amide bonds. The summed E-state index contributed by atoms with van der Waals surface area (Å²) < 4.78 is 1.81. The number of aryl methyl sites for hydroxylation is 1. The fourth-order valence-corrected chi connectivity index (χ4v) is 3.14. The first-order chi connectivity index (χ1) is 11.1. The molecule has 0 spiro atoms. The number of carbonyl (C=O) groups is 1. The molecular formula is C17H23N5O. The molecule has 0 saturated carbocycles. The maximum atomic E-state index is 11.9. The van der Waals surface area contributed by atoms with Gasteiger partial charge in [0.05, 0.1) is 11.9 Å². The number of carbonyl (C=O) groups excluding carboxylic acids is 1. The predicted molar refractivity (Wildman–Crippen MR) is 90.0 cm³/mol. The van der Waals surface area contributed by atoms with Gasteiger partial charge in [0.2, 0.25) is 5.91 Å². The zero-order valence-corrected chi connectivity index (χ0v) is 13.4. The molecule has 1 aliphatic heterocycles. The van der Waals surface area contributed by atoms with Crippen LogP contribution in [0, 0.1) is 0 Å². The van der Waals surface area contributed by atoms with E-state index in [1.165, 1.54) is 0 Å². The highest BCUT2D eigenvalue weighted by Gasteiger charge is 2.26. The Morgan fingerprint density at radius 3 is 2.83 bits per heavy atom. The monoisotopic (exact) mass is 313 g/mol. The molecule has 6 heteroatoms.